The Bertz CT molecular complexity index is 259. The molecule has 3 N–H and O–H groups in total. The average molecular weight is 252 g/mol. The molecule has 0 aromatic carbocycles. The second-order valence-electron chi connectivity index (χ2n) is 6.11. The van der Waals surface area contributed by atoms with Crippen molar-refractivity contribution < 1.29 is 4.79 Å². The van der Waals surface area contributed by atoms with E-state index in [4.69, 9.17) is 5.73 Å². The van der Waals surface area contributed by atoms with Gasteiger partial charge >= 0.3 is 0 Å². The summed E-state index contributed by atoms with van der Waals surface area (Å²) >= 11 is 0. The van der Waals surface area contributed by atoms with Gasteiger partial charge < -0.3 is 11.1 Å². The highest BCUT2D eigenvalue weighted by molar-refractivity contribution is 5.79. The molecule has 0 radical (unpaired) electrons. The number of hydrogen-bond acceptors (Lipinski definition) is 2. The number of rotatable bonds is 2. The molecule has 1 amide bonds. The molecule has 2 aliphatic carbocycles. The van der Waals surface area contributed by atoms with Gasteiger partial charge in [-0.05, 0) is 25.7 Å². The highest BCUT2D eigenvalue weighted by atomic mass is 16.2. The predicted molar refractivity (Wildman–Crippen MR) is 74.2 cm³/mol. The Kier molecular flexibility index (Phi) is 5.48. The fourth-order valence-electron chi connectivity index (χ4n) is 3.39. The van der Waals surface area contributed by atoms with Gasteiger partial charge in [0.2, 0.25) is 5.91 Å². The molecule has 0 saturated heterocycles. The third-order valence-electron chi connectivity index (χ3n) is 4.61. The lowest BCUT2D eigenvalue weighted by atomic mass is 9.84. The molecule has 0 aromatic heterocycles. The highest BCUT2D eigenvalue weighted by Gasteiger charge is 2.29. The first kappa shape index (κ1) is 13.9. The largest absolute Gasteiger partial charge is 0.353 e. The molecule has 2 atom stereocenters. The van der Waals surface area contributed by atoms with E-state index in [1.54, 1.807) is 0 Å². The lowest BCUT2D eigenvalue weighted by Crippen LogP contribution is -2.47. The summed E-state index contributed by atoms with van der Waals surface area (Å²) in [6, 6.07) is 0.499. The fraction of sp³-hybridized carbons (Fsp3) is 0.933. The first-order chi connectivity index (χ1) is 8.77. The van der Waals surface area contributed by atoms with Crippen molar-refractivity contribution in [3.63, 3.8) is 0 Å². The molecule has 2 unspecified atom stereocenters. The van der Waals surface area contributed by atoms with Crippen LogP contribution >= 0.6 is 0 Å². The second kappa shape index (κ2) is 7.13. The predicted octanol–water partition coefficient (Wildman–Crippen LogP) is 2.73. The van der Waals surface area contributed by atoms with E-state index in [2.05, 4.69) is 5.32 Å². The van der Waals surface area contributed by atoms with Crippen LogP contribution in [-0.4, -0.2) is 18.0 Å². The fourth-order valence-corrected chi connectivity index (χ4v) is 3.39. The SMILES string of the molecule is NC1CCCCC1C(=O)NC1CCCCCCC1. The van der Waals surface area contributed by atoms with Crippen LogP contribution in [0.4, 0.5) is 0 Å². The third-order valence-corrected chi connectivity index (χ3v) is 4.61. The van der Waals surface area contributed by atoms with Crippen LogP contribution < -0.4 is 11.1 Å². The van der Waals surface area contributed by atoms with E-state index < -0.39 is 0 Å². The van der Waals surface area contributed by atoms with Gasteiger partial charge in [0.05, 0.1) is 5.92 Å². The maximum Gasteiger partial charge on any atom is 0.224 e. The Morgan fingerprint density at radius 1 is 0.833 bits per heavy atom. The number of amides is 1. The second-order valence-corrected chi connectivity index (χ2v) is 6.11. The quantitative estimate of drug-likeness (QED) is 0.794. The molecule has 3 nitrogen and oxygen atoms in total. The van der Waals surface area contributed by atoms with Crippen molar-refractivity contribution in [3.05, 3.63) is 0 Å². The van der Waals surface area contributed by atoms with E-state index in [1.165, 1.54) is 38.5 Å². The summed E-state index contributed by atoms with van der Waals surface area (Å²) in [6.07, 6.45) is 13.2. The molecule has 0 bridgehead atoms. The van der Waals surface area contributed by atoms with E-state index in [0.717, 1.165) is 32.1 Å². The molecule has 3 heteroatoms. The van der Waals surface area contributed by atoms with Crippen LogP contribution in [0.15, 0.2) is 0 Å². The Morgan fingerprint density at radius 3 is 2.06 bits per heavy atom. The van der Waals surface area contributed by atoms with Crippen LogP contribution in [0.5, 0.6) is 0 Å². The van der Waals surface area contributed by atoms with Crippen molar-refractivity contribution in [2.45, 2.75) is 82.7 Å². The number of carbonyl (C=O) groups excluding carboxylic acids is 1. The normalized spacial score (nSPS) is 31.4. The van der Waals surface area contributed by atoms with Gasteiger partial charge in [0.1, 0.15) is 0 Å². The summed E-state index contributed by atoms with van der Waals surface area (Å²) in [5, 5.41) is 3.27. The Hall–Kier alpha value is -0.570. The average Bonchev–Trinajstić information content (AvgIpc) is 2.33. The first-order valence-corrected chi connectivity index (χ1v) is 7.83. The summed E-state index contributed by atoms with van der Waals surface area (Å²) in [7, 11) is 0. The van der Waals surface area contributed by atoms with Crippen molar-refractivity contribution in [2.24, 2.45) is 11.7 Å². The van der Waals surface area contributed by atoms with Crippen LogP contribution in [0.3, 0.4) is 0 Å². The van der Waals surface area contributed by atoms with Crippen molar-refractivity contribution in [3.8, 4) is 0 Å². The van der Waals surface area contributed by atoms with Crippen LogP contribution in [0, 0.1) is 5.92 Å². The molecule has 104 valence electrons. The third kappa shape index (κ3) is 3.98. The molecule has 18 heavy (non-hydrogen) atoms. The molecule has 0 heterocycles. The summed E-state index contributed by atoms with van der Waals surface area (Å²) < 4.78 is 0. The van der Waals surface area contributed by atoms with Gasteiger partial charge in [-0.15, -0.1) is 0 Å². The highest BCUT2D eigenvalue weighted by Crippen LogP contribution is 2.24. The number of carbonyl (C=O) groups is 1. The van der Waals surface area contributed by atoms with E-state index >= 15 is 0 Å². The monoisotopic (exact) mass is 252 g/mol. The first-order valence-electron chi connectivity index (χ1n) is 7.83. The molecule has 0 aliphatic heterocycles. The van der Waals surface area contributed by atoms with E-state index in [1.807, 2.05) is 0 Å². The molecule has 2 saturated carbocycles. The molecule has 2 rings (SSSR count). The van der Waals surface area contributed by atoms with Crippen LogP contribution in [0.25, 0.3) is 0 Å². The van der Waals surface area contributed by atoms with Crippen molar-refractivity contribution in [2.75, 3.05) is 0 Å². The van der Waals surface area contributed by atoms with Crippen molar-refractivity contribution in [1.82, 2.24) is 5.32 Å². The van der Waals surface area contributed by atoms with Gasteiger partial charge in [-0.25, -0.2) is 0 Å². The van der Waals surface area contributed by atoms with Gasteiger partial charge in [-0.3, -0.25) is 4.79 Å². The number of nitrogens with two attached hydrogens (primary N) is 1. The van der Waals surface area contributed by atoms with Gasteiger partial charge in [0.15, 0.2) is 0 Å². The zero-order valence-corrected chi connectivity index (χ0v) is 11.5. The van der Waals surface area contributed by atoms with Crippen molar-refractivity contribution in [1.29, 1.82) is 0 Å². The van der Waals surface area contributed by atoms with Crippen molar-refractivity contribution >= 4 is 5.91 Å². The van der Waals surface area contributed by atoms with E-state index in [0.29, 0.717) is 6.04 Å². The zero-order valence-electron chi connectivity index (χ0n) is 11.5. The maximum absolute atomic E-state index is 12.3. The number of nitrogens with one attached hydrogen (secondary N) is 1. The lowest BCUT2D eigenvalue weighted by molar-refractivity contribution is -0.127. The van der Waals surface area contributed by atoms with Gasteiger partial charge in [-0.2, -0.15) is 0 Å². The van der Waals surface area contributed by atoms with Gasteiger partial charge in [0.25, 0.3) is 0 Å². The van der Waals surface area contributed by atoms with Gasteiger partial charge in [-0.1, -0.05) is 44.9 Å². The van der Waals surface area contributed by atoms with Gasteiger partial charge in [0, 0.05) is 12.1 Å². The summed E-state index contributed by atoms with van der Waals surface area (Å²) in [5.41, 5.74) is 6.08. The molecule has 2 aliphatic rings. The Balaban J connectivity index is 1.81. The topological polar surface area (TPSA) is 55.1 Å². The lowest BCUT2D eigenvalue weighted by Gasteiger charge is -2.30. The summed E-state index contributed by atoms with van der Waals surface area (Å²) in [6.45, 7) is 0. The molecule has 0 spiro atoms. The zero-order chi connectivity index (χ0) is 12.8. The molecular weight excluding hydrogens is 224 g/mol. The smallest absolute Gasteiger partial charge is 0.224 e. The Morgan fingerprint density at radius 2 is 1.39 bits per heavy atom. The minimum atomic E-state index is 0.0733. The maximum atomic E-state index is 12.3. The van der Waals surface area contributed by atoms with E-state index in [9.17, 15) is 4.79 Å². The minimum Gasteiger partial charge on any atom is -0.353 e. The standard InChI is InChI=1S/C15H28N2O/c16-14-11-7-6-10-13(14)15(18)17-12-8-4-2-1-3-5-9-12/h12-14H,1-11,16H2,(H,17,18). The molecular formula is C15H28N2O. The van der Waals surface area contributed by atoms with E-state index in [-0.39, 0.29) is 17.9 Å². The van der Waals surface area contributed by atoms with Crippen LogP contribution in [-0.2, 0) is 4.79 Å². The molecule has 0 aromatic rings. The minimum absolute atomic E-state index is 0.0733. The summed E-state index contributed by atoms with van der Waals surface area (Å²) in [5.74, 6) is 0.303. The summed E-state index contributed by atoms with van der Waals surface area (Å²) in [4.78, 5) is 12.3. The van der Waals surface area contributed by atoms with Crippen LogP contribution in [0.1, 0.15) is 70.6 Å². The van der Waals surface area contributed by atoms with Crippen LogP contribution in [0.2, 0.25) is 0 Å². The molecule has 2 fully saturated rings. The Labute approximate surface area is 111 Å². The number of hydrogen-bond donors (Lipinski definition) is 2.